The normalized spacial score (nSPS) is 26.4. The zero-order chi connectivity index (χ0) is 12.1. The lowest BCUT2D eigenvalue weighted by Crippen LogP contribution is -2.47. The van der Waals surface area contributed by atoms with Gasteiger partial charge in [0.2, 0.25) is 5.91 Å². The van der Waals surface area contributed by atoms with Crippen LogP contribution in [0.4, 0.5) is 0 Å². The van der Waals surface area contributed by atoms with Gasteiger partial charge in [0.1, 0.15) is 0 Å². The van der Waals surface area contributed by atoms with Gasteiger partial charge in [0.15, 0.2) is 0 Å². The monoisotopic (exact) mass is 239 g/mol. The molecule has 2 aliphatic rings. The molecule has 0 aromatic heterocycles. The number of hydrogen-bond acceptors (Lipinski definition) is 3. The highest BCUT2D eigenvalue weighted by atomic mass is 16.2. The third-order valence-corrected chi connectivity index (χ3v) is 4.05. The van der Waals surface area contributed by atoms with Crippen LogP contribution in [0, 0.1) is 0 Å². The number of rotatable bonds is 4. The summed E-state index contributed by atoms with van der Waals surface area (Å²) < 4.78 is 0. The Kier molecular flexibility index (Phi) is 4.80. The Labute approximate surface area is 104 Å². The number of likely N-dealkylation sites (tertiary alicyclic amines) is 1. The molecule has 0 saturated carbocycles. The van der Waals surface area contributed by atoms with Crippen molar-refractivity contribution in [3.8, 4) is 0 Å². The maximum atomic E-state index is 12.0. The lowest BCUT2D eigenvalue weighted by Gasteiger charge is -2.29. The van der Waals surface area contributed by atoms with Crippen molar-refractivity contribution in [3.05, 3.63) is 0 Å². The Hall–Kier alpha value is -0.610. The van der Waals surface area contributed by atoms with E-state index in [2.05, 4.69) is 17.1 Å². The highest BCUT2D eigenvalue weighted by Crippen LogP contribution is 2.19. The van der Waals surface area contributed by atoms with Crippen LogP contribution in [0.3, 0.4) is 0 Å². The standard InChI is InChI=1S/C13H25N3O/c1-2-12-4-3-8-15(12)9-5-13(17)16-10-6-14-7-11-16/h12,14H,2-11H2,1H3. The van der Waals surface area contributed by atoms with Crippen LogP contribution in [-0.4, -0.2) is 61.0 Å². The van der Waals surface area contributed by atoms with Crippen molar-refractivity contribution in [1.82, 2.24) is 15.1 Å². The lowest BCUT2D eigenvalue weighted by molar-refractivity contribution is -0.132. The van der Waals surface area contributed by atoms with Crippen LogP contribution in [-0.2, 0) is 4.79 Å². The molecule has 1 N–H and O–H groups in total. The molecule has 98 valence electrons. The topological polar surface area (TPSA) is 35.6 Å². The molecule has 2 aliphatic heterocycles. The summed E-state index contributed by atoms with van der Waals surface area (Å²) in [5.41, 5.74) is 0. The molecule has 1 atom stereocenters. The number of nitrogens with zero attached hydrogens (tertiary/aromatic N) is 2. The average Bonchev–Trinajstić information content (AvgIpc) is 2.84. The van der Waals surface area contributed by atoms with Crippen LogP contribution in [0.15, 0.2) is 0 Å². The largest absolute Gasteiger partial charge is 0.340 e. The molecule has 0 bridgehead atoms. The molecule has 0 spiro atoms. The third kappa shape index (κ3) is 3.42. The van der Waals surface area contributed by atoms with Crippen molar-refractivity contribution < 1.29 is 4.79 Å². The fourth-order valence-electron chi connectivity index (χ4n) is 2.96. The molecule has 2 saturated heterocycles. The Bertz CT molecular complexity index is 251. The SMILES string of the molecule is CCC1CCCN1CCC(=O)N1CCNCC1. The fraction of sp³-hybridized carbons (Fsp3) is 0.923. The summed E-state index contributed by atoms with van der Waals surface area (Å²) in [6.07, 6.45) is 4.55. The van der Waals surface area contributed by atoms with Crippen molar-refractivity contribution in [2.45, 2.75) is 38.6 Å². The van der Waals surface area contributed by atoms with Crippen LogP contribution >= 0.6 is 0 Å². The zero-order valence-electron chi connectivity index (χ0n) is 11.0. The van der Waals surface area contributed by atoms with E-state index >= 15 is 0 Å². The minimum atomic E-state index is 0.341. The minimum Gasteiger partial charge on any atom is -0.340 e. The first-order chi connectivity index (χ1) is 8.31. The maximum absolute atomic E-state index is 12.0. The number of hydrogen-bond donors (Lipinski definition) is 1. The van der Waals surface area contributed by atoms with Crippen LogP contribution in [0.1, 0.15) is 32.6 Å². The van der Waals surface area contributed by atoms with E-state index in [9.17, 15) is 4.79 Å². The van der Waals surface area contributed by atoms with Crippen molar-refractivity contribution in [2.75, 3.05) is 39.3 Å². The van der Waals surface area contributed by atoms with Crippen molar-refractivity contribution >= 4 is 5.91 Å². The van der Waals surface area contributed by atoms with E-state index in [0.717, 1.165) is 38.8 Å². The maximum Gasteiger partial charge on any atom is 0.223 e. The summed E-state index contributed by atoms with van der Waals surface area (Å²) in [6, 6.07) is 0.728. The second-order valence-electron chi connectivity index (χ2n) is 5.12. The summed E-state index contributed by atoms with van der Waals surface area (Å²) in [5.74, 6) is 0.341. The molecule has 2 heterocycles. The van der Waals surface area contributed by atoms with Gasteiger partial charge >= 0.3 is 0 Å². The van der Waals surface area contributed by atoms with Crippen molar-refractivity contribution in [3.63, 3.8) is 0 Å². The van der Waals surface area contributed by atoms with Crippen molar-refractivity contribution in [2.24, 2.45) is 0 Å². The first-order valence-electron chi connectivity index (χ1n) is 7.04. The molecule has 0 aromatic carbocycles. The Morgan fingerprint density at radius 3 is 2.76 bits per heavy atom. The summed E-state index contributed by atoms with van der Waals surface area (Å²) in [6.45, 7) is 8.07. The molecule has 0 aromatic rings. The van der Waals surface area contributed by atoms with E-state index in [1.54, 1.807) is 0 Å². The van der Waals surface area contributed by atoms with Gasteiger partial charge in [-0.25, -0.2) is 0 Å². The van der Waals surface area contributed by atoms with Gasteiger partial charge < -0.3 is 10.2 Å². The summed E-state index contributed by atoms with van der Waals surface area (Å²) in [7, 11) is 0. The van der Waals surface area contributed by atoms with Crippen LogP contribution < -0.4 is 5.32 Å². The van der Waals surface area contributed by atoms with Gasteiger partial charge in [-0.15, -0.1) is 0 Å². The first kappa shape index (κ1) is 12.8. The molecule has 0 radical (unpaired) electrons. The van der Waals surface area contributed by atoms with Gasteiger partial charge in [0.25, 0.3) is 0 Å². The minimum absolute atomic E-state index is 0.341. The Morgan fingerprint density at radius 1 is 1.29 bits per heavy atom. The number of piperazine rings is 1. The molecule has 4 nitrogen and oxygen atoms in total. The zero-order valence-corrected chi connectivity index (χ0v) is 11.0. The third-order valence-electron chi connectivity index (χ3n) is 4.05. The van der Waals surface area contributed by atoms with Gasteiger partial charge in [0, 0.05) is 45.2 Å². The van der Waals surface area contributed by atoms with E-state index in [0.29, 0.717) is 12.3 Å². The number of nitrogens with one attached hydrogen (secondary N) is 1. The second-order valence-corrected chi connectivity index (χ2v) is 5.12. The summed E-state index contributed by atoms with van der Waals surface area (Å²) in [5, 5.41) is 3.28. The average molecular weight is 239 g/mol. The highest BCUT2D eigenvalue weighted by molar-refractivity contribution is 5.76. The van der Waals surface area contributed by atoms with Gasteiger partial charge in [-0.1, -0.05) is 6.92 Å². The van der Waals surface area contributed by atoms with Crippen LogP contribution in [0.2, 0.25) is 0 Å². The van der Waals surface area contributed by atoms with Crippen molar-refractivity contribution in [1.29, 1.82) is 0 Å². The van der Waals surface area contributed by atoms with E-state index in [4.69, 9.17) is 0 Å². The smallest absolute Gasteiger partial charge is 0.223 e. The first-order valence-corrected chi connectivity index (χ1v) is 7.04. The quantitative estimate of drug-likeness (QED) is 0.784. The lowest BCUT2D eigenvalue weighted by atomic mass is 10.1. The Morgan fingerprint density at radius 2 is 2.06 bits per heavy atom. The predicted octanol–water partition coefficient (Wildman–Crippen LogP) is 0.683. The van der Waals surface area contributed by atoms with Gasteiger partial charge in [-0.3, -0.25) is 9.69 Å². The predicted molar refractivity (Wildman–Crippen MR) is 69.0 cm³/mol. The molecule has 1 unspecified atom stereocenters. The van der Waals surface area contributed by atoms with E-state index in [-0.39, 0.29) is 0 Å². The van der Waals surface area contributed by atoms with E-state index in [1.165, 1.54) is 25.8 Å². The molecule has 4 heteroatoms. The van der Waals surface area contributed by atoms with Crippen LogP contribution in [0.5, 0.6) is 0 Å². The van der Waals surface area contributed by atoms with Gasteiger partial charge in [0.05, 0.1) is 0 Å². The number of amides is 1. The molecule has 0 aliphatic carbocycles. The molecule has 1 amide bonds. The fourth-order valence-corrected chi connectivity index (χ4v) is 2.96. The molecule has 17 heavy (non-hydrogen) atoms. The van der Waals surface area contributed by atoms with Crippen LogP contribution in [0.25, 0.3) is 0 Å². The highest BCUT2D eigenvalue weighted by Gasteiger charge is 2.24. The molecular weight excluding hydrogens is 214 g/mol. The summed E-state index contributed by atoms with van der Waals surface area (Å²) in [4.78, 5) is 16.5. The van der Waals surface area contributed by atoms with Gasteiger partial charge in [-0.2, -0.15) is 0 Å². The number of carbonyl (C=O) groups is 1. The van der Waals surface area contributed by atoms with Gasteiger partial charge in [-0.05, 0) is 25.8 Å². The summed E-state index contributed by atoms with van der Waals surface area (Å²) >= 11 is 0. The second kappa shape index (κ2) is 6.36. The number of carbonyl (C=O) groups excluding carboxylic acids is 1. The van der Waals surface area contributed by atoms with E-state index < -0.39 is 0 Å². The molecule has 2 rings (SSSR count). The van der Waals surface area contributed by atoms with E-state index in [1.807, 2.05) is 4.90 Å². The molecular formula is C13H25N3O. The Balaban J connectivity index is 1.71. The molecule has 2 fully saturated rings.